The lowest BCUT2D eigenvalue weighted by atomic mass is 10.1. The van der Waals surface area contributed by atoms with Crippen LogP contribution < -0.4 is 9.47 Å². The van der Waals surface area contributed by atoms with E-state index in [9.17, 15) is 4.79 Å². The second-order valence-electron chi connectivity index (χ2n) is 6.64. The summed E-state index contributed by atoms with van der Waals surface area (Å²) in [5.41, 5.74) is 3.82. The third kappa shape index (κ3) is 4.17. The minimum Gasteiger partial charge on any atom is -0.497 e. The second kappa shape index (κ2) is 8.44. The SMILES string of the molecule is COc1ccc(-c2nc(C)c(C(=O)N(C)Cc3cc(C)ccc3OC)s2)cc1. The van der Waals surface area contributed by atoms with Crippen molar-refractivity contribution in [3.8, 4) is 22.1 Å². The molecule has 1 heterocycles. The molecule has 0 aliphatic rings. The van der Waals surface area contributed by atoms with Crippen molar-refractivity contribution in [1.29, 1.82) is 0 Å². The standard InChI is InChI=1S/C22H24N2O3S/c1-14-6-11-19(27-5)17(12-14)13-24(3)22(25)20-15(2)23-21(28-20)16-7-9-18(26-4)10-8-16/h6-12H,13H2,1-5H3. The van der Waals surface area contributed by atoms with Crippen LogP contribution in [-0.2, 0) is 6.54 Å². The molecule has 0 atom stereocenters. The summed E-state index contributed by atoms with van der Waals surface area (Å²) in [5, 5.41) is 0.824. The largest absolute Gasteiger partial charge is 0.497 e. The van der Waals surface area contributed by atoms with Gasteiger partial charge in [0.2, 0.25) is 0 Å². The summed E-state index contributed by atoms with van der Waals surface area (Å²) in [7, 11) is 5.08. The highest BCUT2D eigenvalue weighted by molar-refractivity contribution is 7.17. The fourth-order valence-electron chi connectivity index (χ4n) is 2.98. The Morgan fingerprint density at radius 2 is 1.79 bits per heavy atom. The first-order valence-corrected chi connectivity index (χ1v) is 9.75. The van der Waals surface area contributed by atoms with Crippen LogP contribution in [0.15, 0.2) is 42.5 Å². The van der Waals surface area contributed by atoms with E-state index in [4.69, 9.17) is 9.47 Å². The molecule has 5 nitrogen and oxygen atoms in total. The maximum Gasteiger partial charge on any atom is 0.265 e. The van der Waals surface area contributed by atoms with Gasteiger partial charge in [-0.1, -0.05) is 17.7 Å². The van der Waals surface area contributed by atoms with Crippen LogP contribution in [0, 0.1) is 13.8 Å². The molecule has 1 amide bonds. The van der Waals surface area contributed by atoms with Gasteiger partial charge in [0.25, 0.3) is 5.91 Å². The van der Waals surface area contributed by atoms with Gasteiger partial charge in [-0.25, -0.2) is 4.98 Å². The Hall–Kier alpha value is -2.86. The van der Waals surface area contributed by atoms with Crippen LogP contribution in [0.1, 0.15) is 26.5 Å². The molecule has 146 valence electrons. The number of thiazole rings is 1. The highest BCUT2D eigenvalue weighted by atomic mass is 32.1. The van der Waals surface area contributed by atoms with E-state index in [1.54, 1.807) is 26.2 Å². The molecule has 0 aliphatic heterocycles. The summed E-state index contributed by atoms with van der Waals surface area (Å²) in [6.45, 7) is 4.37. The zero-order valence-electron chi connectivity index (χ0n) is 16.8. The number of benzene rings is 2. The number of carbonyl (C=O) groups is 1. The van der Waals surface area contributed by atoms with Gasteiger partial charge < -0.3 is 14.4 Å². The van der Waals surface area contributed by atoms with Gasteiger partial charge in [0.15, 0.2) is 0 Å². The number of aromatic nitrogens is 1. The lowest BCUT2D eigenvalue weighted by Crippen LogP contribution is -2.26. The van der Waals surface area contributed by atoms with Gasteiger partial charge in [-0.05, 0) is 44.2 Å². The predicted molar refractivity (Wildman–Crippen MR) is 112 cm³/mol. The smallest absolute Gasteiger partial charge is 0.265 e. The average molecular weight is 397 g/mol. The van der Waals surface area contributed by atoms with Crippen LogP contribution >= 0.6 is 11.3 Å². The Kier molecular flexibility index (Phi) is 5.99. The minimum atomic E-state index is -0.0432. The molecular formula is C22H24N2O3S. The number of ether oxygens (including phenoxy) is 2. The summed E-state index contributed by atoms with van der Waals surface area (Å²) >= 11 is 1.41. The third-order valence-corrected chi connectivity index (χ3v) is 5.71. The van der Waals surface area contributed by atoms with Crippen LogP contribution in [0.3, 0.4) is 0 Å². The molecule has 0 saturated heterocycles. The zero-order valence-corrected chi connectivity index (χ0v) is 17.6. The Morgan fingerprint density at radius 3 is 2.43 bits per heavy atom. The van der Waals surface area contributed by atoms with Crippen LogP contribution in [0.25, 0.3) is 10.6 Å². The zero-order chi connectivity index (χ0) is 20.3. The first kappa shape index (κ1) is 19.9. The number of carbonyl (C=O) groups excluding carboxylic acids is 1. The van der Waals surface area contributed by atoms with E-state index in [1.165, 1.54) is 11.3 Å². The number of nitrogens with zero attached hydrogens (tertiary/aromatic N) is 2. The van der Waals surface area contributed by atoms with E-state index in [2.05, 4.69) is 4.98 Å². The van der Waals surface area contributed by atoms with Crippen molar-refractivity contribution in [2.45, 2.75) is 20.4 Å². The Labute approximate surface area is 169 Å². The topological polar surface area (TPSA) is 51.7 Å². The number of aryl methyl sites for hydroxylation is 2. The highest BCUT2D eigenvalue weighted by Crippen LogP contribution is 2.30. The van der Waals surface area contributed by atoms with Crippen LogP contribution in [0.5, 0.6) is 11.5 Å². The molecule has 0 N–H and O–H groups in total. The van der Waals surface area contributed by atoms with Gasteiger partial charge in [0.1, 0.15) is 21.4 Å². The van der Waals surface area contributed by atoms with Gasteiger partial charge in [0, 0.05) is 24.7 Å². The molecule has 3 rings (SSSR count). The summed E-state index contributed by atoms with van der Waals surface area (Å²) in [5.74, 6) is 1.53. The van der Waals surface area contributed by atoms with Crippen molar-refractivity contribution < 1.29 is 14.3 Å². The maximum absolute atomic E-state index is 13.0. The number of methoxy groups -OCH3 is 2. The Bertz CT molecular complexity index is 980. The molecule has 0 bridgehead atoms. The molecule has 0 saturated carbocycles. The molecule has 0 unspecified atom stereocenters. The van der Waals surface area contributed by atoms with E-state index >= 15 is 0 Å². The summed E-state index contributed by atoms with van der Waals surface area (Å²) in [6.07, 6.45) is 0. The van der Waals surface area contributed by atoms with E-state index in [-0.39, 0.29) is 5.91 Å². The molecule has 2 aromatic carbocycles. The van der Waals surface area contributed by atoms with Crippen molar-refractivity contribution >= 4 is 17.2 Å². The van der Waals surface area contributed by atoms with Crippen molar-refractivity contribution in [2.75, 3.05) is 21.3 Å². The quantitative estimate of drug-likeness (QED) is 0.605. The van der Waals surface area contributed by atoms with Crippen molar-refractivity contribution in [2.24, 2.45) is 0 Å². The first-order chi connectivity index (χ1) is 13.4. The fourth-order valence-corrected chi connectivity index (χ4v) is 4.05. The molecule has 3 aromatic rings. The van der Waals surface area contributed by atoms with E-state index < -0.39 is 0 Å². The predicted octanol–water partition coefficient (Wildman–Crippen LogP) is 4.72. The fraction of sp³-hybridized carbons (Fsp3) is 0.273. The van der Waals surface area contributed by atoms with Crippen molar-refractivity contribution in [3.63, 3.8) is 0 Å². The number of hydrogen-bond acceptors (Lipinski definition) is 5. The van der Waals surface area contributed by atoms with E-state index in [0.717, 1.165) is 38.9 Å². The third-order valence-electron chi connectivity index (χ3n) is 4.52. The van der Waals surface area contributed by atoms with Crippen molar-refractivity contribution in [3.05, 3.63) is 64.2 Å². The summed E-state index contributed by atoms with van der Waals surface area (Å²) < 4.78 is 10.6. The van der Waals surface area contributed by atoms with Gasteiger partial charge in [-0.15, -0.1) is 11.3 Å². The molecule has 6 heteroatoms. The Morgan fingerprint density at radius 1 is 1.07 bits per heavy atom. The lowest BCUT2D eigenvalue weighted by molar-refractivity contribution is 0.0788. The number of hydrogen-bond donors (Lipinski definition) is 0. The molecule has 28 heavy (non-hydrogen) atoms. The van der Waals surface area contributed by atoms with Gasteiger partial charge in [-0.2, -0.15) is 0 Å². The normalized spacial score (nSPS) is 10.6. The molecule has 1 aromatic heterocycles. The number of rotatable bonds is 6. The number of amides is 1. The van der Waals surface area contributed by atoms with Gasteiger partial charge in [-0.3, -0.25) is 4.79 Å². The van der Waals surface area contributed by atoms with Crippen LogP contribution in [0.2, 0.25) is 0 Å². The summed E-state index contributed by atoms with van der Waals surface area (Å²) in [6, 6.07) is 13.7. The molecule has 0 aliphatic carbocycles. The van der Waals surface area contributed by atoms with Crippen LogP contribution in [0.4, 0.5) is 0 Å². The maximum atomic E-state index is 13.0. The molecule has 0 radical (unpaired) electrons. The van der Waals surface area contributed by atoms with Crippen LogP contribution in [-0.4, -0.2) is 37.1 Å². The molecule has 0 fully saturated rings. The van der Waals surface area contributed by atoms with Gasteiger partial charge in [0.05, 0.1) is 19.9 Å². The summed E-state index contributed by atoms with van der Waals surface area (Å²) in [4.78, 5) is 20.0. The minimum absolute atomic E-state index is 0.0432. The Balaban J connectivity index is 1.82. The van der Waals surface area contributed by atoms with Crippen molar-refractivity contribution in [1.82, 2.24) is 9.88 Å². The van der Waals surface area contributed by atoms with E-state index in [0.29, 0.717) is 11.4 Å². The molecule has 0 spiro atoms. The average Bonchev–Trinajstić information content (AvgIpc) is 3.09. The van der Waals surface area contributed by atoms with E-state index in [1.807, 2.05) is 56.3 Å². The monoisotopic (exact) mass is 396 g/mol. The first-order valence-electron chi connectivity index (χ1n) is 8.93. The molecular weight excluding hydrogens is 372 g/mol. The highest BCUT2D eigenvalue weighted by Gasteiger charge is 2.21. The van der Waals surface area contributed by atoms with Gasteiger partial charge >= 0.3 is 0 Å². The lowest BCUT2D eigenvalue weighted by Gasteiger charge is -2.18. The second-order valence-corrected chi connectivity index (χ2v) is 7.64.